The van der Waals surface area contributed by atoms with Gasteiger partial charge in [-0.3, -0.25) is 9.59 Å². The third-order valence-corrected chi connectivity index (χ3v) is 5.27. The fourth-order valence-electron chi connectivity index (χ4n) is 3.68. The number of amides is 1. The van der Waals surface area contributed by atoms with Gasteiger partial charge in [0.1, 0.15) is 5.56 Å². The number of nitrogens with zero attached hydrogens (tertiary/aromatic N) is 1. The fourth-order valence-corrected chi connectivity index (χ4v) is 3.68. The van der Waals surface area contributed by atoms with Gasteiger partial charge in [-0.1, -0.05) is 42.0 Å². The van der Waals surface area contributed by atoms with E-state index in [2.05, 4.69) is 21.3 Å². The monoisotopic (exact) mass is 403 g/mol. The zero-order valence-corrected chi connectivity index (χ0v) is 17.0. The number of anilines is 1. The van der Waals surface area contributed by atoms with E-state index in [0.717, 1.165) is 35.5 Å². The molecule has 0 radical (unpaired) electrons. The molecule has 6 heteroatoms. The Hall–Kier alpha value is -3.38. The molecule has 1 aliphatic heterocycles. The molecule has 0 aliphatic carbocycles. The zero-order chi connectivity index (χ0) is 20.9. The number of benzene rings is 2. The van der Waals surface area contributed by atoms with Crippen molar-refractivity contribution in [2.45, 2.75) is 13.5 Å². The first-order valence-electron chi connectivity index (χ1n) is 10.1. The molecule has 6 nitrogen and oxygen atoms in total. The zero-order valence-electron chi connectivity index (χ0n) is 17.0. The van der Waals surface area contributed by atoms with Crippen molar-refractivity contribution < 1.29 is 9.53 Å². The summed E-state index contributed by atoms with van der Waals surface area (Å²) >= 11 is 0. The summed E-state index contributed by atoms with van der Waals surface area (Å²) in [6.45, 7) is 5.40. The third kappa shape index (κ3) is 4.44. The smallest absolute Gasteiger partial charge is 0.261 e. The fraction of sp³-hybridized carbons (Fsp3) is 0.250. The maximum Gasteiger partial charge on any atom is 0.261 e. The molecule has 2 N–H and O–H groups in total. The van der Waals surface area contributed by atoms with Crippen LogP contribution in [0.15, 0.2) is 65.5 Å². The highest BCUT2D eigenvalue weighted by atomic mass is 16.5. The van der Waals surface area contributed by atoms with Gasteiger partial charge in [0.05, 0.1) is 13.2 Å². The molecule has 2 aromatic carbocycles. The number of aromatic amines is 1. The summed E-state index contributed by atoms with van der Waals surface area (Å²) in [7, 11) is 0. The number of nitrogens with one attached hydrogen (secondary N) is 2. The first-order valence-corrected chi connectivity index (χ1v) is 10.1. The number of ether oxygens (including phenoxy) is 1. The number of carbonyl (C=O) groups is 1. The van der Waals surface area contributed by atoms with E-state index in [1.165, 1.54) is 0 Å². The van der Waals surface area contributed by atoms with Crippen LogP contribution >= 0.6 is 0 Å². The van der Waals surface area contributed by atoms with Crippen molar-refractivity contribution in [3.05, 3.63) is 87.7 Å². The normalized spacial score (nSPS) is 13.8. The van der Waals surface area contributed by atoms with Gasteiger partial charge < -0.3 is 19.9 Å². The second-order valence-electron chi connectivity index (χ2n) is 7.40. The number of morpholine rings is 1. The van der Waals surface area contributed by atoms with Crippen molar-refractivity contribution in [2.24, 2.45) is 0 Å². The predicted molar refractivity (Wildman–Crippen MR) is 118 cm³/mol. The molecular weight excluding hydrogens is 378 g/mol. The predicted octanol–water partition coefficient (Wildman–Crippen LogP) is 3.12. The highest BCUT2D eigenvalue weighted by molar-refractivity contribution is 5.94. The Balaban J connectivity index is 1.48. The van der Waals surface area contributed by atoms with Gasteiger partial charge in [-0.15, -0.1) is 0 Å². The van der Waals surface area contributed by atoms with Crippen molar-refractivity contribution in [1.82, 2.24) is 10.3 Å². The van der Waals surface area contributed by atoms with E-state index < -0.39 is 5.56 Å². The second kappa shape index (κ2) is 8.97. The molecule has 1 amide bonds. The highest BCUT2D eigenvalue weighted by Gasteiger charge is 2.16. The number of aryl methyl sites for hydroxylation is 1. The largest absolute Gasteiger partial charge is 0.378 e. The lowest BCUT2D eigenvalue weighted by molar-refractivity contribution is 0.0949. The van der Waals surface area contributed by atoms with Crippen LogP contribution in [0.2, 0.25) is 0 Å². The summed E-state index contributed by atoms with van der Waals surface area (Å²) in [4.78, 5) is 30.3. The Morgan fingerprint density at radius 1 is 1.07 bits per heavy atom. The highest BCUT2D eigenvalue weighted by Crippen LogP contribution is 2.21. The minimum absolute atomic E-state index is 0.107. The number of H-pyrrole nitrogens is 1. The van der Waals surface area contributed by atoms with Gasteiger partial charge >= 0.3 is 0 Å². The molecule has 1 aromatic heterocycles. The molecular formula is C24H25N3O3. The molecule has 1 fully saturated rings. The minimum atomic E-state index is -0.395. The topological polar surface area (TPSA) is 74.4 Å². The molecule has 1 saturated heterocycles. The molecule has 2 heterocycles. The average Bonchev–Trinajstić information content (AvgIpc) is 2.78. The molecule has 1 aliphatic rings. The molecule has 154 valence electrons. The Morgan fingerprint density at radius 2 is 1.87 bits per heavy atom. The van der Waals surface area contributed by atoms with Crippen molar-refractivity contribution in [1.29, 1.82) is 0 Å². The summed E-state index contributed by atoms with van der Waals surface area (Å²) in [6.07, 6.45) is 0. The van der Waals surface area contributed by atoms with Gasteiger partial charge in [0.25, 0.3) is 11.5 Å². The molecule has 0 unspecified atom stereocenters. The summed E-state index contributed by atoms with van der Waals surface area (Å²) in [6, 6.07) is 19.2. The Morgan fingerprint density at radius 3 is 2.63 bits per heavy atom. The van der Waals surface area contributed by atoms with Crippen molar-refractivity contribution >= 4 is 11.6 Å². The number of carbonyl (C=O) groups excluding carboxylic acids is 1. The molecule has 0 bridgehead atoms. The van der Waals surface area contributed by atoms with E-state index in [9.17, 15) is 9.59 Å². The van der Waals surface area contributed by atoms with E-state index >= 15 is 0 Å². The summed E-state index contributed by atoms with van der Waals surface area (Å²) in [5.74, 6) is -0.385. The molecule has 0 saturated carbocycles. The van der Waals surface area contributed by atoms with Gasteiger partial charge in [0.2, 0.25) is 0 Å². The van der Waals surface area contributed by atoms with Crippen LogP contribution in [-0.2, 0) is 11.3 Å². The number of pyridine rings is 1. The number of hydrogen-bond acceptors (Lipinski definition) is 4. The molecule has 3 aromatic rings. The molecule has 30 heavy (non-hydrogen) atoms. The van der Waals surface area contributed by atoms with Crippen molar-refractivity contribution in [3.63, 3.8) is 0 Å². The van der Waals surface area contributed by atoms with Crippen LogP contribution in [-0.4, -0.2) is 37.2 Å². The SMILES string of the molecule is Cc1cccc(-c2ccc(C(=O)NCc3ccccc3N3CCOCC3)c(=O)[nH]2)c1. The lowest BCUT2D eigenvalue weighted by Gasteiger charge is -2.30. The molecule has 4 rings (SSSR count). The van der Waals surface area contributed by atoms with Crippen LogP contribution in [0, 0.1) is 6.92 Å². The number of aromatic nitrogens is 1. The number of rotatable bonds is 5. The van der Waals surface area contributed by atoms with Gasteiger partial charge in [-0.05, 0) is 42.3 Å². The lowest BCUT2D eigenvalue weighted by Crippen LogP contribution is -2.37. The van der Waals surface area contributed by atoms with Crippen LogP contribution < -0.4 is 15.8 Å². The van der Waals surface area contributed by atoms with E-state index in [4.69, 9.17) is 4.74 Å². The minimum Gasteiger partial charge on any atom is -0.378 e. The van der Waals surface area contributed by atoms with Gasteiger partial charge in [-0.2, -0.15) is 0 Å². The van der Waals surface area contributed by atoms with E-state index in [1.54, 1.807) is 12.1 Å². The van der Waals surface area contributed by atoms with Gasteiger partial charge in [0, 0.05) is 31.0 Å². The third-order valence-electron chi connectivity index (χ3n) is 5.27. The van der Waals surface area contributed by atoms with E-state index in [0.29, 0.717) is 25.5 Å². The van der Waals surface area contributed by atoms with Crippen LogP contribution in [0.5, 0.6) is 0 Å². The Kier molecular flexibility index (Phi) is 5.95. The maximum atomic E-state index is 12.7. The maximum absolute atomic E-state index is 12.7. The van der Waals surface area contributed by atoms with Crippen LogP contribution in [0.25, 0.3) is 11.3 Å². The summed E-state index contributed by atoms with van der Waals surface area (Å²) < 4.78 is 5.43. The standard InChI is InChI=1S/C24H25N3O3/c1-17-5-4-7-18(15-17)21-10-9-20(24(29)26-21)23(28)25-16-19-6-2-3-8-22(19)27-11-13-30-14-12-27/h2-10,15H,11-14,16H2,1H3,(H,25,28)(H,26,29). The van der Waals surface area contributed by atoms with Gasteiger partial charge in [0.15, 0.2) is 0 Å². The van der Waals surface area contributed by atoms with Crippen molar-refractivity contribution in [2.75, 3.05) is 31.2 Å². The Labute approximate surface area is 175 Å². The summed E-state index contributed by atoms with van der Waals surface area (Å²) in [5, 5.41) is 2.89. The van der Waals surface area contributed by atoms with Crippen LogP contribution in [0.3, 0.4) is 0 Å². The van der Waals surface area contributed by atoms with Crippen LogP contribution in [0.4, 0.5) is 5.69 Å². The Bertz CT molecular complexity index is 1100. The number of hydrogen-bond donors (Lipinski definition) is 2. The van der Waals surface area contributed by atoms with Gasteiger partial charge in [-0.25, -0.2) is 0 Å². The van der Waals surface area contributed by atoms with E-state index in [1.807, 2.05) is 49.4 Å². The second-order valence-corrected chi connectivity index (χ2v) is 7.40. The van der Waals surface area contributed by atoms with Crippen LogP contribution in [0.1, 0.15) is 21.5 Å². The lowest BCUT2D eigenvalue weighted by atomic mass is 10.1. The number of para-hydroxylation sites is 1. The molecule has 0 atom stereocenters. The average molecular weight is 403 g/mol. The quantitative estimate of drug-likeness (QED) is 0.687. The first-order chi connectivity index (χ1) is 14.6. The van der Waals surface area contributed by atoms with Crippen molar-refractivity contribution in [3.8, 4) is 11.3 Å². The summed E-state index contributed by atoms with van der Waals surface area (Å²) in [5.41, 5.74) is 4.53. The van der Waals surface area contributed by atoms with E-state index in [-0.39, 0.29) is 11.5 Å². The molecule has 0 spiro atoms. The first kappa shape index (κ1) is 19.9.